The van der Waals surface area contributed by atoms with Crippen LogP contribution in [0.1, 0.15) is 22.5 Å². The van der Waals surface area contributed by atoms with Gasteiger partial charge < -0.3 is 4.79 Å². The number of aldehydes is 1. The molecule has 0 saturated heterocycles. The van der Waals surface area contributed by atoms with Crippen LogP contribution in [0.2, 0.25) is 0 Å². The van der Waals surface area contributed by atoms with Gasteiger partial charge >= 0.3 is 0 Å². The van der Waals surface area contributed by atoms with Crippen molar-refractivity contribution in [2.45, 2.75) is 12.8 Å². The third kappa shape index (κ3) is 2.28. The summed E-state index contributed by atoms with van der Waals surface area (Å²) in [7, 11) is 0. The Morgan fingerprint density at radius 3 is 2.88 bits per heavy atom. The molecule has 0 aromatic carbocycles. The topological polar surface area (TPSA) is 34.1 Å². The minimum Gasteiger partial charge on any atom is -0.303 e. The number of carbonyl (C=O) groups is 2. The second-order valence-electron chi connectivity index (χ2n) is 3.30. The van der Waals surface area contributed by atoms with Crippen molar-refractivity contribution in [1.29, 1.82) is 0 Å². The first-order valence-corrected chi connectivity index (χ1v) is 6.72. The molecule has 2 nitrogen and oxygen atoms in total. The molecule has 2 rings (SSSR count). The molecule has 0 aliphatic carbocycles. The Bertz CT molecular complexity index is 483. The Hall–Kier alpha value is -1.26. The van der Waals surface area contributed by atoms with Crippen LogP contribution in [0.3, 0.4) is 0 Å². The van der Waals surface area contributed by atoms with E-state index in [0.717, 1.165) is 22.3 Å². The normalized spacial score (nSPS) is 10.2. The van der Waals surface area contributed by atoms with E-state index in [9.17, 15) is 9.59 Å². The van der Waals surface area contributed by atoms with E-state index in [1.165, 1.54) is 11.3 Å². The highest BCUT2D eigenvalue weighted by Gasteiger charge is 2.14. The van der Waals surface area contributed by atoms with Crippen molar-refractivity contribution >= 4 is 34.7 Å². The first-order chi connectivity index (χ1) is 7.83. The van der Waals surface area contributed by atoms with E-state index in [2.05, 4.69) is 0 Å². The van der Waals surface area contributed by atoms with Gasteiger partial charge in [-0.15, -0.1) is 11.3 Å². The van der Waals surface area contributed by atoms with E-state index in [0.29, 0.717) is 12.8 Å². The fraction of sp³-hybridized carbons (Fsp3) is 0.167. The maximum absolute atomic E-state index is 11.8. The molecule has 0 spiro atoms. The van der Waals surface area contributed by atoms with Crippen LogP contribution < -0.4 is 0 Å². The van der Waals surface area contributed by atoms with Crippen molar-refractivity contribution in [3.8, 4) is 11.1 Å². The highest BCUT2D eigenvalue weighted by Crippen LogP contribution is 2.30. The van der Waals surface area contributed by atoms with Crippen LogP contribution in [0.4, 0.5) is 0 Å². The van der Waals surface area contributed by atoms with Crippen molar-refractivity contribution in [3.63, 3.8) is 0 Å². The first kappa shape index (κ1) is 11.2. The SMILES string of the molecule is O=CCCC(=O)c1sccc1-c1ccsc1. The number of ketones is 1. The molecule has 0 fully saturated rings. The van der Waals surface area contributed by atoms with Crippen LogP contribution >= 0.6 is 22.7 Å². The minimum atomic E-state index is 0.0586. The third-order valence-electron chi connectivity index (χ3n) is 2.24. The summed E-state index contributed by atoms with van der Waals surface area (Å²) in [5, 5.41) is 5.94. The number of thiophene rings is 2. The van der Waals surface area contributed by atoms with Crippen LogP contribution in [0.25, 0.3) is 11.1 Å². The molecular formula is C12H10O2S2. The van der Waals surface area contributed by atoms with E-state index in [-0.39, 0.29) is 5.78 Å². The largest absolute Gasteiger partial charge is 0.303 e. The van der Waals surface area contributed by atoms with E-state index < -0.39 is 0 Å². The van der Waals surface area contributed by atoms with Gasteiger partial charge in [-0.05, 0) is 33.8 Å². The summed E-state index contributed by atoms with van der Waals surface area (Å²) in [4.78, 5) is 22.8. The maximum Gasteiger partial charge on any atom is 0.173 e. The summed E-state index contributed by atoms with van der Waals surface area (Å²) in [6, 6.07) is 3.96. The molecule has 0 atom stereocenters. The Morgan fingerprint density at radius 1 is 1.31 bits per heavy atom. The summed E-state index contributed by atoms with van der Waals surface area (Å²) in [6.45, 7) is 0. The molecule has 16 heavy (non-hydrogen) atoms. The van der Waals surface area contributed by atoms with Crippen molar-refractivity contribution in [2.24, 2.45) is 0 Å². The molecule has 0 N–H and O–H groups in total. The van der Waals surface area contributed by atoms with Gasteiger partial charge in [-0.3, -0.25) is 4.79 Å². The van der Waals surface area contributed by atoms with Crippen LogP contribution in [-0.4, -0.2) is 12.1 Å². The second-order valence-corrected chi connectivity index (χ2v) is 5.00. The van der Waals surface area contributed by atoms with Gasteiger partial charge in [0.25, 0.3) is 0 Å². The molecule has 2 heterocycles. The summed E-state index contributed by atoms with van der Waals surface area (Å²) < 4.78 is 0. The molecule has 2 aromatic rings. The third-order valence-corrected chi connectivity index (χ3v) is 3.88. The molecule has 0 bridgehead atoms. The standard InChI is InChI=1S/C12H10O2S2/c13-5-1-2-11(14)12-10(4-7-16-12)9-3-6-15-8-9/h3-8H,1-2H2. The molecule has 0 unspecified atom stereocenters. The zero-order valence-electron chi connectivity index (χ0n) is 8.51. The van der Waals surface area contributed by atoms with Gasteiger partial charge in [0.05, 0.1) is 4.88 Å². The Morgan fingerprint density at radius 2 is 2.19 bits per heavy atom. The van der Waals surface area contributed by atoms with Crippen molar-refractivity contribution < 1.29 is 9.59 Å². The highest BCUT2D eigenvalue weighted by atomic mass is 32.1. The predicted molar refractivity (Wildman–Crippen MR) is 67.3 cm³/mol. The lowest BCUT2D eigenvalue weighted by atomic mass is 10.1. The summed E-state index contributed by atoms with van der Waals surface area (Å²) in [5.74, 6) is 0.0586. The van der Waals surface area contributed by atoms with Crippen molar-refractivity contribution in [1.82, 2.24) is 0 Å². The molecule has 2 aromatic heterocycles. The highest BCUT2D eigenvalue weighted by molar-refractivity contribution is 7.12. The number of hydrogen-bond acceptors (Lipinski definition) is 4. The van der Waals surface area contributed by atoms with Crippen LogP contribution in [0.15, 0.2) is 28.3 Å². The number of Topliss-reactive ketones (excluding diaryl/α,β-unsaturated/α-hetero) is 1. The van der Waals surface area contributed by atoms with Gasteiger partial charge in [-0.25, -0.2) is 0 Å². The Balaban J connectivity index is 2.26. The van der Waals surface area contributed by atoms with Gasteiger partial charge in [0.2, 0.25) is 0 Å². The van der Waals surface area contributed by atoms with Gasteiger partial charge in [0.1, 0.15) is 6.29 Å². The van der Waals surface area contributed by atoms with Crippen LogP contribution in [-0.2, 0) is 4.79 Å². The smallest absolute Gasteiger partial charge is 0.173 e. The summed E-state index contributed by atoms with van der Waals surface area (Å²) in [5.41, 5.74) is 2.07. The number of rotatable bonds is 5. The van der Waals surface area contributed by atoms with E-state index in [1.807, 2.05) is 28.3 Å². The quantitative estimate of drug-likeness (QED) is 0.599. The van der Waals surface area contributed by atoms with Gasteiger partial charge in [-0.2, -0.15) is 11.3 Å². The molecule has 0 amide bonds. The zero-order valence-corrected chi connectivity index (χ0v) is 10.1. The van der Waals surface area contributed by atoms with E-state index in [1.54, 1.807) is 11.3 Å². The lowest BCUT2D eigenvalue weighted by Gasteiger charge is -1.99. The second kappa shape index (κ2) is 5.18. The lowest BCUT2D eigenvalue weighted by molar-refractivity contribution is -0.107. The molecular weight excluding hydrogens is 240 g/mol. The van der Waals surface area contributed by atoms with Crippen molar-refractivity contribution in [3.05, 3.63) is 33.2 Å². The molecule has 0 aliphatic heterocycles. The average molecular weight is 250 g/mol. The average Bonchev–Trinajstić information content (AvgIpc) is 2.94. The Kier molecular flexibility index (Phi) is 3.64. The van der Waals surface area contributed by atoms with E-state index >= 15 is 0 Å². The molecule has 4 heteroatoms. The molecule has 0 aliphatic rings. The lowest BCUT2D eigenvalue weighted by Crippen LogP contribution is -1.97. The maximum atomic E-state index is 11.8. The summed E-state index contributed by atoms with van der Waals surface area (Å²) >= 11 is 3.06. The fourth-order valence-electron chi connectivity index (χ4n) is 1.47. The van der Waals surface area contributed by atoms with Crippen LogP contribution in [0, 0.1) is 0 Å². The predicted octanol–water partition coefficient (Wildman–Crippen LogP) is 3.64. The van der Waals surface area contributed by atoms with Crippen LogP contribution in [0.5, 0.6) is 0 Å². The molecule has 82 valence electrons. The Labute approximate surface area is 102 Å². The fourth-order valence-corrected chi connectivity index (χ4v) is 3.02. The number of carbonyl (C=O) groups excluding carboxylic acids is 2. The van der Waals surface area contributed by atoms with Gasteiger partial charge in [0.15, 0.2) is 5.78 Å². The van der Waals surface area contributed by atoms with E-state index in [4.69, 9.17) is 0 Å². The summed E-state index contributed by atoms with van der Waals surface area (Å²) in [6.07, 6.45) is 1.40. The minimum absolute atomic E-state index is 0.0586. The molecule has 0 saturated carbocycles. The van der Waals surface area contributed by atoms with Gasteiger partial charge in [0, 0.05) is 18.4 Å². The monoisotopic (exact) mass is 250 g/mol. The molecule has 0 radical (unpaired) electrons. The number of hydrogen-bond donors (Lipinski definition) is 0. The van der Waals surface area contributed by atoms with Crippen molar-refractivity contribution in [2.75, 3.05) is 0 Å². The zero-order chi connectivity index (χ0) is 11.4. The van der Waals surface area contributed by atoms with Gasteiger partial charge in [-0.1, -0.05) is 0 Å². The first-order valence-electron chi connectivity index (χ1n) is 4.90.